The van der Waals surface area contributed by atoms with Crippen LogP contribution in [0.25, 0.3) is 10.8 Å². The molecule has 0 bridgehead atoms. The summed E-state index contributed by atoms with van der Waals surface area (Å²) < 4.78 is 9.86. The molecule has 5 heteroatoms. The summed E-state index contributed by atoms with van der Waals surface area (Å²) in [7, 11) is 2.89. The smallest absolute Gasteiger partial charge is 0.305 e. The molecule has 2 aromatic rings. The molecule has 0 spiro atoms. The van der Waals surface area contributed by atoms with Crippen LogP contribution in [0, 0.1) is 0 Å². The molecular weight excluding hydrogens is 282 g/mol. The highest BCUT2D eigenvalue weighted by Gasteiger charge is 2.13. The van der Waals surface area contributed by atoms with Gasteiger partial charge in [0.15, 0.2) is 0 Å². The lowest BCUT2D eigenvalue weighted by Crippen LogP contribution is -2.25. The van der Waals surface area contributed by atoms with Crippen molar-refractivity contribution in [2.24, 2.45) is 0 Å². The topological polar surface area (TPSA) is 64.6 Å². The summed E-state index contributed by atoms with van der Waals surface area (Å²) in [6.45, 7) is 0.407. The number of amides is 1. The van der Waals surface area contributed by atoms with Crippen molar-refractivity contribution in [3.8, 4) is 5.75 Å². The lowest BCUT2D eigenvalue weighted by molar-refractivity contribution is -0.140. The van der Waals surface area contributed by atoms with Crippen LogP contribution in [0.4, 0.5) is 0 Å². The van der Waals surface area contributed by atoms with Gasteiger partial charge in [0.2, 0.25) is 0 Å². The monoisotopic (exact) mass is 301 g/mol. The largest absolute Gasteiger partial charge is 0.496 e. The third kappa shape index (κ3) is 3.75. The fourth-order valence-electron chi connectivity index (χ4n) is 2.20. The summed E-state index contributed by atoms with van der Waals surface area (Å²) in [5.41, 5.74) is 0.485. The highest BCUT2D eigenvalue weighted by Crippen LogP contribution is 2.25. The van der Waals surface area contributed by atoms with Crippen LogP contribution in [0.1, 0.15) is 23.2 Å². The van der Waals surface area contributed by atoms with Gasteiger partial charge < -0.3 is 14.8 Å². The number of hydrogen-bond donors (Lipinski definition) is 1. The first-order chi connectivity index (χ1) is 10.7. The number of methoxy groups -OCH3 is 2. The van der Waals surface area contributed by atoms with E-state index in [0.29, 0.717) is 24.3 Å². The Bertz CT molecular complexity index is 681. The van der Waals surface area contributed by atoms with Crippen molar-refractivity contribution in [1.82, 2.24) is 5.32 Å². The summed E-state index contributed by atoms with van der Waals surface area (Å²) in [4.78, 5) is 23.3. The number of hydrogen-bond acceptors (Lipinski definition) is 4. The second-order valence-corrected chi connectivity index (χ2v) is 4.84. The minimum absolute atomic E-state index is 0.215. The van der Waals surface area contributed by atoms with E-state index < -0.39 is 0 Å². The Balaban J connectivity index is 2.08. The van der Waals surface area contributed by atoms with E-state index in [-0.39, 0.29) is 18.3 Å². The Hall–Kier alpha value is -2.56. The lowest BCUT2D eigenvalue weighted by Gasteiger charge is -2.11. The summed E-state index contributed by atoms with van der Waals surface area (Å²) in [6, 6.07) is 11.4. The maximum absolute atomic E-state index is 12.3. The van der Waals surface area contributed by atoms with Crippen LogP contribution in [-0.2, 0) is 9.53 Å². The van der Waals surface area contributed by atoms with E-state index in [1.165, 1.54) is 14.2 Å². The Labute approximate surface area is 129 Å². The Kier molecular flexibility index (Phi) is 5.36. The lowest BCUT2D eigenvalue weighted by atomic mass is 10.1. The quantitative estimate of drug-likeness (QED) is 0.658. The van der Waals surface area contributed by atoms with E-state index >= 15 is 0 Å². The summed E-state index contributed by atoms with van der Waals surface area (Å²) >= 11 is 0. The molecule has 22 heavy (non-hydrogen) atoms. The van der Waals surface area contributed by atoms with E-state index in [9.17, 15) is 9.59 Å². The van der Waals surface area contributed by atoms with Gasteiger partial charge in [-0.3, -0.25) is 9.59 Å². The SMILES string of the molecule is COC(=O)CCCNC(=O)c1cc2ccccc2cc1OC. The van der Waals surface area contributed by atoms with Crippen molar-refractivity contribution in [2.75, 3.05) is 20.8 Å². The van der Waals surface area contributed by atoms with Gasteiger partial charge in [-0.15, -0.1) is 0 Å². The molecule has 0 heterocycles. The molecule has 2 rings (SSSR count). The van der Waals surface area contributed by atoms with Crippen molar-refractivity contribution in [2.45, 2.75) is 12.8 Å². The van der Waals surface area contributed by atoms with Crippen LogP contribution >= 0.6 is 0 Å². The predicted octanol–water partition coefficient (Wildman–Crippen LogP) is 2.53. The van der Waals surface area contributed by atoms with Gasteiger partial charge in [0.1, 0.15) is 5.75 Å². The molecule has 0 unspecified atom stereocenters. The predicted molar refractivity (Wildman–Crippen MR) is 84.1 cm³/mol. The zero-order valence-corrected chi connectivity index (χ0v) is 12.7. The molecule has 0 aliphatic heterocycles. The molecule has 1 N–H and O–H groups in total. The molecule has 2 aromatic carbocycles. The molecule has 5 nitrogen and oxygen atoms in total. The van der Waals surface area contributed by atoms with Gasteiger partial charge >= 0.3 is 5.97 Å². The van der Waals surface area contributed by atoms with Gasteiger partial charge in [-0.2, -0.15) is 0 Å². The number of rotatable bonds is 6. The number of nitrogens with one attached hydrogen (secondary N) is 1. The average molecular weight is 301 g/mol. The van der Waals surface area contributed by atoms with Gasteiger partial charge in [-0.25, -0.2) is 0 Å². The average Bonchev–Trinajstić information content (AvgIpc) is 2.56. The summed E-state index contributed by atoms with van der Waals surface area (Å²) in [6.07, 6.45) is 0.819. The van der Waals surface area contributed by atoms with Gasteiger partial charge in [-0.05, 0) is 29.3 Å². The molecule has 0 atom stereocenters. The van der Waals surface area contributed by atoms with Crippen LogP contribution < -0.4 is 10.1 Å². The molecule has 0 aliphatic carbocycles. The minimum atomic E-state index is -0.280. The molecule has 1 amide bonds. The van der Waals surface area contributed by atoms with E-state index in [2.05, 4.69) is 10.1 Å². The second kappa shape index (κ2) is 7.45. The molecule has 0 saturated carbocycles. The van der Waals surface area contributed by atoms with Crippen molar-refractivity contribution in [3.05, 3.63) is 42.0 Å². The molecule has 0 saturated heterocycles. The zero-order chi connectivity index (χ0) is 15.9. The van der Waals surface area contributed by atoms with Gasteiger partial charge in [0.25, 0.3) is 5.91 Å². The van der Waals surface area contributed by atoms with E-state index in [4.69, 9.17) is 4.74 Å². The van der Waals surface area contributed by atoms with E-state index in [1.54, 1.807) is 0 Å². The number of esters is 1. The van der Waals surface area contributed by atoms with Gasteiger partial charge in [0.05, 0.1) is 19.8 Å². The number of fused-ring (bicyclic) bond motifs is 1. The molecule has 0 aromatic heterocycles. The molecule has 116 valence electrons. The molecular formula is C17H19NO4. The number of carbonyl (C=O) groups excluding carboxylic acids is 2. The van der Waals surface area contributed by atoms with Gasteiger partial charge in [-0.1, -0.05) is 24.3 Å². The Morgan fingerprint density at radius 3 is 2.41 bits per heavy atom. The maximum Gasteiger partial charge on any atom is 0.305 e. The van der Waals surface area contributed by atoms with E-state index in [1.807, 2.05) is 36.4 Å². The Morgan fingerprint density at radius 1 is 1.09 bits per heavy atom. The van der Waals surface area contributed by atoms with Crippen LogP contribution in [0.15, 0.2) is 36.4 Å². The number of benzene rings is 2. The molecule has 0 radical (unpaired) electrons. The normalized spacial score (nSPS) is 10.3. The maximum atomic E-state index is 12.3. The highest BCUT2D eigenvalue weighted by molar-refractivity contribution is 6.01. The van der Waals surface area contributed by atoms with Crippen LogP contribution in [-0.4, -0.2) is 32.6 Å². The van der Waals surface area contributed by atoms with Crippen molar-refractivity contribution < 1.29 is 19.1 Å². The van der Waals surface area contributed by atoms with Crippen molar-refractivity contribution in [3.63, 3.8) is 0 Å². The molecule has 0 aliphatic rings. The van der Waals surface area contributed by atoms with Crippen LogP contribution in [0.2, 0.25) is 0 Å². The minimum Gasteiger partial charge on any atom is -0.496 e. The first-order valence-corrected chi connectivity index (χ1v) is 7.07. The highest BCUT2D eigenvalue weighted by atomic mass is 16.5. The number of ether oxygens (including phenoxy) is 2. The zero-order valence-electron chi connectivity index (χ0n) is 12.7. The number of carbonyl (C=O) groups is 2. The van der Waals surface area contributed by atoms with Crippen molar-refractivity contribution >= 4 is 22.6 Å². The fraction of sp³-hybridized carbons (Fsp3) is 0.294. The standard InChI is InChI=1S/C17H19NO4/c1-21-15-11-13-7-4-3-6-12(13)10-14(15)17(20)18-9-5-8-16(19)22-2/h3-4,6-7,10-11H,5,8-9H2,1-2H3,(H,18,20). The third-order valence-corrected chi connectivity index (χ3v) is 3.38. The molecule has 0 fully saturated rings. The first kappa shape index (κ1) is 15.8. The van der Waals surface area contributed by atoms with Crippen LogP contribution in [0.3, 0.4) is 0 Å². The van der Waals surface area contributed by atoms with E-state index in [0.717, 1.165) is 10.8 Å². The van der Waals surface area contributed by atoms with Crippen LogP contribution in [0.5, 0.6) is 5.75 Å². The summed E-state index contributed by atoms with van der Waals surface area (Å²) in [5.74, 6) is 0.0363. The van der Waals surface area contributed by atoms with Crippen molar-refractivity contribution in [1.29, 1.82) is 0 Å². The third-order valence-electron chi connectivity index (χ3n) is 3.38. The second-order valence-electron chi connectivity index (χ2n) is 4.84. The Morgan fingerprint density at radius 2 is 1.77 bits per heavy atom. The fourth-order valence-corrected chi connectivity index (χ4v) is 2.20. The summed E-state index contributed by atoms with van der Waals surface area (Å²) in [5, 5.41) is 4.78. The van der Waals surface area contributed by atoms with Gasteiger partial charge in [0, 0.05) is 13.0 Å². The first-order valence-electron chi connectivity index (χ1n) is 7.07.